The number of hydrogen-bond donors (Lipinski definition) is 3. The van der Waals surface area contributed by atoms with Gasteiger partial charge in [0.25, 0.3) is 0 Å². The quantitative estimate of drug-likeness (QED) is 0.453. The van der Waals surface area contributed by atoms with E-state index >= 15 is 0 Å². The molecule has 26 heavy (non-hydrogen) atoms. The van der Waals surface area contributed by atoms with Crippen molar-refractivity contribution in [3.8, 4) is 5.75 Å². The molecule has 0 aliphatic heterocycles. The number of halogens is 2. The smallest absolute Gasteiger partial charge is 0.123 e. The molecule has 0 unspecified atom stereocenters. The van der Waals surface area contributed by atoms with Gasteiger partial charge in [-0.1, -0.05) is 23.2 Å². The fraction of sp³-hybridized carbons (Fsp3) is 0.0556. The van der Waals surface area contributed by atoms with Crippen molar-refractivity contribution in [2.75, 3.05) is 11.5 Å². The van der Waals surface area contributed by atoms with E-state index in [9.17, 15) is 0 Å². The second-order valence-corrected chi connectivity index (χ2v) is 6.28. The number of benzene rings is 1. The summed E-state index contributed by atoms with van der Waals surface area (Å²) in [4.78, 5) is 7.84. The van der Waals surface area contributed by atoms with E-state index in [1.165, 1.54) is 12.4 Å². The summed E-state index contributed by atoms with van der Waals surface area (Å²) in [6.45, 7) is 0.166. The van der Waals surface area contributed by atoms with Gasteiger partial charge in [0.15, 0.2) is 0 Å². The standard InChI is InChI=1S/C18H15Cl2N5O/c19-14-7-24-8-15(20)13(14)9-26-11-1-2-16(21)12(6-11)18(23)10-3-4-25-17(22)5-10/h1-8,23H,9,21H2,(H2,22,25). The maximum absolute atomic E-state index is 8.40. The van der Waals surface area contributed by atoms with Crippen LogP contribution in [-0.2, 0) is 6.61 Å². The average molecular weight is 388 g/mol. The maximum atomic E-state index is 8.40. The molecular weight excluding hydrogens is 373 g/mol. The first-order valence-electron chi connectivity index (χ1n) is 7.56. The van der Waals surface area contributed by atoms with E-state index in [4.69, 9.17) is 44.8 Å². The molecule has 5 N–H and O–H groups in total. The van der Waals surface area contributed by atoms with Gasteiger partial charge in [0, 0.05) is 41.0 Å². The van der Waals surface area contributed by atoms with E-state index in [-0.39, 0.29) is 12.3 Å². The molecule has 6 nitrogen and oxygen atoms in total. The molecule has 8 heteroatoms. The topological polar surface area (TPSA) is 111 Å². The lowest BCUT2D eigenvalue weighted by Crippen LogP contribution is -2.07. The lowest BCUT2D eigenvalue weighted by molar-refractivity contribution is 0.306. The first-order chi connectivity index (χ1) is 12.5. The van der Waals surface area contributed by atoms with E-state index in [1.54, 1.807) is 36.5 Å². The highest BCUT2D eigenvalue weighted by atomic mass is 35.5. The third-order valence-electron chi connectivity index (χ3n) is 3.70. The molecule has 0 saturated heterocycles. The van der Waals surface area contributed by atoms with Crippen LogP contribution in [0.3, 0.4) is 0 Å². The summed E-state index contributed by atoms with van der Waals surface area (Å²) in [5, 5.41) is 9.25. The Morgan fingerprint density at radius 1 is 1.08 bits per heavy atom. The maximum Gasteiger partial charge on any atom is 0.123 e. The lowest BCUT2D eigenvalue weighted by Gasteiger charge is -2.13. The minimum absolute atomic E-state index is 0.166. The van der Waals surface area contributed by atoms with E-state index in [1.807, 2.05) is 0 Å². The van der Waals surface area contributed by atoms with Gasteiger partial charge >= 0.3 is 0 Å². The summed E-state index contributed by atoms with van der Waals surface area (Å²) >= 11 is 12.2. The molecule has 0 bridgehead atoms. The Morgan fingerprint density at radius 2 is 1.81 bits per heavy atom. The Hall–Kier alpha value is -2.83. The van der Waals surface area contributed by atoms with Crippen molar-refractivity contribution in [3.05, 3.63) is 75.7 Å². The number of nitrogen functional groups attached to an aromatic ring is 2. The summed E-state index contributed by atoms with van der Waals surface area (Å²) in [7, 11) is 0. The Morgan fingerprint density at radius 3 is 2.50 bits per heavy atom. The number of aromatic nitrogens is 2. The van der Waals surface area contributed by atoms with Crippen molar-refractivity contribution in [2.24, 2.45) is 0 Å². The van der Waals surface area contributed by atoms with Crippen molar-refractivity contribution < 1.29 is 4.74 Å². The molecule has 0 aliphatic carbocycles. The van der Waals surface area contributed by atoms with E-state index in [0.717, 1.165) is 0 Å². The SMILES string of the molecule is N=C(c1ccnc(N)c1)c1cc(OCc2c(Cl)cncc2Cl)ccc1N. The Bertz CT molecular complexity index is 957. The number of nitrogens with one attached hydrogen (secondary N) is 1. The summed E-state index contributed by atoms with van der Waals surface area (Å²) in [5.41, 5.74) is 14.2. The highest BCUT2D eigenvalue weighted by Gasteiger charge is 2.12. The number of ether oxygens (including phenoxy) is 1. The normalized spacial score (nSPS) is 10.5. The number of nitrogens with two attached hydrogens (primary N) is 2. The van der Waals surface area contributed by atoms with Crippen LogP contribution in [0, 0.1) is 5.41 Å². The van der Waals surface area contributed by atoms with Crippen molar-refractivity contribution in [1.82, 2.24) is 9.97 Å². The Kier molecular flexibility index (Phi) is 5.25. The molecule has 3 aromatic rings. The zero-order chi connectivity index (χ0) is 18.7. The van der Waals surface area contributed by atoms with Crippen molar-refractivity contribution in [1.29, 1.82) is 5.41 Å². The molecular formula is C18H15Cl2N5O. The second kappa shape index (κ2) is 7.59. The minimum Gasteiger partial charge on any atom is -0.489 e. The zero-order valence-electron chi connectivity index (χ0n) is 13.5. The molecule has 2 heterocycles. The van der Waals surface area contributed by atoms with Crippen LogP contribution >= 0.6 is 23.2 Å². The largest absolute Gasteiger partial charge is 0.489 e. The third-order valence-corrected chi connectivity index (χ3v) is 4.35. The molecule has 132 valence electrons. The van der Waals surface area contributed by atoms with Gasteiger partial charge in [0.2, 0.25) is 0 Å². The van der Waals surface area contributed by atoms with E-state index < -0.39 is 0 Å². The van der Waals surface area contributed by atoms with Crippen LogP contribution in [0.1, 0.15) is 16.7 Å². The highest BCUT2D eigenvalue weighted by Crippen LogP contribution is 2.27. The van der Waals surface area contributed by atoms with E-state index in [2.05, 4.69) is 9.97 Å². The molecule has 0 amide bonds. The molecule has 2 aromatic heterocycles. The molecule has 0 radical (unpaired) electrons. The number of anilines is 2. The summed E-state index contributed by atoms with van der Waals surface area (Å²) < 4.78 is 5.77. The van der Waals surface area contributed by atoms with Crippen LogP contribution in [0.2, 0.25) is 10.0 Å². The molecule has 1 aromatic carbocycles. The lowest BCUT2D eigenvalue weighted by atomic mass is 10.0. The summed E-state index contributed by atoms with van der Waals surface area (Å²) in [5.74, 6) is 0.866. The Labute approximate surface area is 160 Å². The van der Waals surface area contributed by atoms with Crippen molar-refractivity contribution in [2.45, 2.75) is 6.61 Å². The fourth-order valence-electron chi connectivity index (χ4n) is 2.33. The van der Waals surface area contributed by atoms with Gasteiger partial charge in [0.1, 0.15) is 18.2 Å². The van der Waals surface area contributed by atoms with Gasteiger partial charge in [-0.2, -0.15) is 0 Å². The zero-order valence-corrected chi connectivity index (χ0v) is 15.1. The van der Waals surface area contributed by atoms with Gasteiger partial charge < -0.3 is 16.2 Å². The van der Waals surface area contributed by atoms with Crippen molar-refractivity contribution >= 4 is 40.4 Å². The highest BCUT2D eigenvalue weighted by molar-refractivity contribution is 6.35. The average Bonchev–Trinajstić information content (AvgIpc) is 2.62. The molecule has 0 aliphatic rings. The fourth-order valence-corrected chi connectivity index (χ4v) is 2.81. The van der Waals surface area contributed by atoms with Crippen LogP contribution in [-0.4, -0.2) is 15.7 Å². The summed E-state index contributed by atoms with van der Waals surface area (Å²) in [6, 6.07) is 8.40. The first kappa shape index (κ1) is 18.0. The minimum atomic E-state index is 0.166. The third kappa shape index (κ3) is 3.87. The molecule has 0 fully saturated rings. The van der Waals surface area contributed by atoms with Crippen molar-refractivity contribution in [3.63, 3.8) is 0 Å². The number of rotatable bonds is 5. The summed E-state index contributed by atoms with van der Waals surface area (Å²) in [6.07, 6.45) is 4.55. The number of hydrogen-bond acceptors (Lipinski definition) is 6. The second-order valence-electron chi connectivity index (χ2n) is 5.46. The first-order valence-corrected chi connectivity index (χ1v) is 8.32. The monoisotopic (exact) mass is 387 g/mol. The van der Waals surface area contributed by atoms with Gasteiger partial charge in [-0.3, -0.25) is 10.4 Å². The molecule has 0 saturated carbocycles. The van der Waals surface area contributed by atoms with Crippen LogP contribution in [0.15, 0.2) is 48.9 Å². The van der Waals surface area contributed by atoms with Gasteiger partial charge in [-0.15, -0.1) is 0 Å². The molecule has 0 spiro atoms. The van der Waals surface area contributed by atoms with Crippen LogP contribution in [0.4, 0.5) is 11.5 Å². The Balaban J connectivity index is 1.85. The number of nitrogens with zero attached hydrogens (tertiary/aromatic N) is 2. The van der Waals surface area contributed by atoms with Crippen LogP contribution < -0.4 is 16.2 Å². The van der Waals surface area contributed by atoms with Gasteiger partial charge in [-0.25, -0.2) is 4.98 Å². The predicted molar refractivity (Wildman–Crippen MR) is 104 cm³/mol. The molecule has 0 atom stereocenters. The van der Waals surface area contributed by atoms with Gasteiger partial charge in [-0.05, 0) is 30.3 Å². The molecule has 3 rings (SSSR count). The van der Waals surface area contributed by atoms with E-state index in [0.29, 0.717) is 44.0 Å². The number of pyridine rings is 2. The van der Waals surface area contributed by atoms with Gasteiger partial charge in [0.05, 0.1) is 15.8 Å². The predicted octanol–water partition coefficient (Wildman–Crippen LogP) is 3.94. The van der Waals surface area contributed by atoms with Crippen LogP contribution in [0.5, 0.6) is 5.75 Å². The van der Waals surface area contributed by atoms with Crippen LogP contribution in [0.25, 0.3) is 0 Å².